The molecule has 0 fully saturated rings. The highest BCUT2D eigenvalue weighted by Gasteiger charge is 2.45. The third-order valence-electron chi connectivity index (χ3n) is 12.8. The average Bonchev–Trinajstić information content (AvgIpc) is 3.94. The van der Waals surface area contributed by atoms with Gasteiger partial charge in [0.2, 0.25) is 0 Å². The van der Waals surface area contributed by atoms with Crippen molar-refractivity contribution >= 4 is 67.1 Å². The van der Waals surface area contributed by atoms with E-state index >= 15 is 0 Å². The van der Waals surface area contributed by atoms with E-state index < -0.39 is 0 Å². The van der Waals surface area contributed by atoms with E-state index in [-0.39, 0.29) is 12.6 Å². The maximum absolute atomic E-state index is 5.24. The predicted octanol–water partition coefficient (Wildman–Crippen LogP) is 7.81. The van der Waals surface area contributed by atoms with Crippen LogP contribution in [-0.2, 0) is 6.42 Å². The van der Waals surface area contributed by atoms with Crippen molar-refractivity contribution in [3.05, 3.63) is 175 Å². The van der Waals surface area contributed by atoms with E-state index in [0.717, 1.165) is 73.4 Å². The Labute approximate surface area is 331 Å². The monoisotopic (exact) mass is 740 g/mol. The molecule has 11 aromatic rings. The van der Waals surface area contributed by atoms with E-state index in [9.17, 15) is 0 Å². The number of nitrogens with zero attached hydrogens (tertiary/aromatic N) is 8. The highest BCUT2D eigenvalue weighted by atomic mass is 15.2. The van der Waals surface area contributed by atoms with E-state index in [0.29, 0.717) is 5.82 Å². The minimum absolute atomic E-state index is 0.0527. The Morgan fingerprint density at radius 3 is 2.17 bits per heavy atom. The van der Waals surface area contributed by atoms with Crippen molar-refractivity contribution in [3.63, 3.8) is 0 Å². The second kappa shape index (κ2) is 11.0. The van der Waals surface area contributed by atoms with Crippen LogP contribution in [-0.4, -0.2) is 45.3 Å². The molecule has 9 heterocycles. The molecular formula is C49H29BN8. The fraction of sp³-hybridized carbons (Fsp3) is 0.0408. The molecule has 268 valence electrons. The Bertz CT molecular complexity index is 3550. The van der Waals surface area contributed by atoms with E-state index in [1.165, 1.54) is 44.1 Å². The first kappa shape index (κ1) is 30.6. The van der Waals surface area contributed by atoms with Gasteiger partial charge in [-0.15, -0.1) is 0 Å². The van der Waals surface area contributed by atoms with Crippen LogP contribution in [0.1, 0.15) is 22.7 Å². The third kappa shape index (κ3) is 3.74. The van der Waals surface area contributed by atoms with Crippen molar-refractivity contribution in [2.24, 2.45) is 0 Å². The summed E-state index contributed by atoms with van der Waals surface area (Å²) < 4.78 is 7.45. The van der Waals surface area contributed by atoms with Gasteiger partial charge in [-0.2, -0.15) is 0 Å². The Morgan fingerprint density at radius 1 is 0.569 bits per heavy atom. The molecule has 1 atom stereocenters. The first-order chi connectivity index (χ1) is 28.8. The third-order valence-corrected chi connectivity index (χ3v) is 12.8. The van der Waals surface area contributed by atoms with E-state index in [2.05, 4.69) is 129 Å². The van der Waals surface area contributed by atoms with E-state index in [4.69, 9.17) is 24.9 Å². The van der Waals surface area contributed by atoms with Gasteiger partial charge in [-0.3, -0.25) is 24.1 Å². The van der Waals surface area contributed by atoms with Crippen LogP contribution in [0.2, 0.25) is 0 Å². The number of benzene rings is 4. The molecule has 0 saturated carbocycles. The van der Waals surface area contributed by atoms with Crippen LogP contribution in [0.25, 0.3) is 83.7 Å². The second-order valence-corrected chi connectivity index (χ2v) is 15.6. The molecule has 58 heavy (non-hydrogen) atoms. The molecule has 0 amide bonds. The lowest BCUT2D eigenvalue weighted by molar-refractivity contribution is 0.742. The average molecular weight is 741 g/mol. The van der Waals surface area contributed by atoms with Crippen molar-refractivity contribution in [2.75, 3.05) is 0 Å². The molecule has 9 heteroatoms. The largest absolute Gasteiger partial charge is 0.312 e. The smallest absolute Gasteiger partial charge is 0.252 e. The maximum atomic E-state index is 5.24. The molecule has 1 unspecified atom stereocenters. The normalized spacial score (nSPS) is 14.6. The van der Waals surface area contributed by atoms with Crippen molar-refractivity contribution < 1.29 is 0 Å². The molecule has 8 nitrogen and oxygen atoms in total. The molecule has 0 bridgehead atoms. The molecule has 4 aromatic carbocycles. The molecular weight excluding hydrogens is 711 g/mol. The number of hydrogen-bond acceptors (Lipinski definition) is 5. The fourth-order valence-electron chi connectivity index (χ4n) is 10.7. The highest BCUT2D eigenvalue weighted by molar-refractivity contribution is 7.00. The highest BCUT2D eigenvalue weighted by Crippen LogP contribution is 2.49. The predicted molar refractivity (Wildman–Crippen MR) is 231 cm³/mol. The van der Waals surface area contributed by atoms with Gasteiger partial charge in [-0.25, -0.2) is 9.97 Å². The first-order valence-corrected chi connectivity index (χ1v) is 19.8. The molecule has 0 spiro atoms. The molecule has 3 aliphatic rings. The van der Waals surface area contributed by atoms with Crippen LogP contribution in [0.15, 0.2) is 158 Å². The van der Waals surface area contributed by atoms with Gasteiger partial charge in [0.1, 0.15) is 5.65 Å². The van der Waals surface area contributed by atoms with Crippen LogP contribution in [0.5, 0.6) is 0 Å². The number of pyridine rings is 3. The lowest BCUT2D eigenvalue weighted by atomic mass is 9.34. The van der Waals surface area contributed by atoms with Crippen LogP contribution in [0.4, 0.5) is 0 Å². The molecule has 0 saturated heterocycles. The molecule has 2 aliphatic heterocycles. The number of hydrogen-bond donors (Lipinski definition) is 0. The van der Waals surface area contributed by atoms with Gasteiger partial charge in [0, 0.05) is 76.2 Å². The van der Waals surface area contributed by atoms with E-state index in [1.807, 2.05) is 43.1 Å². The van der Waals surface area contributed by atoms with Crippen molar-refractivity contribution in [1.82, 2.24) is 38.6 Å². The number of para-hydroxylation sites is 2. The summed E-state index contributed by atoms with van der Waals surface area (Å²) in [6.45, 7) is -0.0527. The van der Waals surface area contributed by atoms with Gasteiger partial charge in [0.15, 0.2) is 5.82 Å². The Kier molecular flexibility index (Phi) is 5.80. The zero-order valence-electron chi connectivity index (χ0n) is 31.0. The van der Waals surface area contributed by atoms with Gasteiger partial charge in [-0.05, 0) is 88.5 Å². The minimum Gasteiger partial charge on any atom is -0.312 e. The summed E-state index contributed by atoms with van der Waals surface area (Å²) in [5.74, 6) is 0.758. The van der Waals surface area contributed by atoms with Crippen LogP contribution < -0.4 is 16.4 Å². The lowest BCUT2D eigenvalue weighted by Crippen LogP contribution is -2.59. The lowest BCUT2D eigenvalue weighted by Gasteiger charge is -2.35. The zero-order valence-corrected chi connectivity index (χ0v) is 31.0. The van der Waals surface area contributed by atoms with Crippen molar-refractivity contribution in [2.45, 2.75) is 12.3 Å². The molecule has 14 rings (SSSR count). The summed E-state index contributed by atoms with van der Waals surface area (Å²) in [6, 6.07) is 45.8. The molecule has 0 N–H and O–H groups in total. The summed E-state index contributed by atoms with van der Waals surface area (Å²) in [4.78, 5) is 25.1. The summed E-state index contributed by atoms with van der Waals surface area (Å²) in [5.41, 5.74) is 20.4. The van der Waals surface area contributed by atoms with Crippen LogP contribution in [0.3, 0.4) is 0 Å². The van der Waals surface area contributed by atoms with Crippen LogP contribution in [0, 0.1) is 0 Å². The van der Waals surface area contributed by atoms with Gasteiger partial charge < -0.3 is 4.57 Å². The van der Waals surface area contributed by atoms with Gasteiger partial charge >= 0.3 is 0 Å². The Hall–Kier alpha value is -7.65. The number of fused-ring (bicyclic) bond motifs is 14. The van der Waals surface area contributed by atoms with E-state index in [1.54, 1.807) is 0 Å². The number of rotatable bonds is 3. The maximum Gasteiger partial charge on any atom is 0.252 e. The molecule has 0 radical (unpaired) electrons. The standard InChI is InChI=1S/C49H29BN8/c1-3-11-28(12-4-1)33-25-29-13-8-20-51-42(29)40-44-47-35(19-24-53-44)50-34-17-7-16-32-39-43-36(18-9-21-52-43)56(31-14-5-2-6-15-31)49(39)58(45(32)34)38-27-30(48-54-22-10-23-55-48)26-37(41(38)50)57(47)46(33)40/h1-24,26-27,33H,25H2. The van der Waals surface area contributed by atoms with Gasteiger partial charge in [0.05, 0.1) is 38.7 Å². The minimum atomic E-state index is -0.0527. The Morgan fingerprint density at radius 2 is 1.31 bits per heavy atom. The van der Waals surface area contributed by atoms with Crippen molar-refractivity contribution in [3.8, 4) is 39.7 Å². The fourth-order valence-corrected chi connectivity index (χ4v) is 10.7. The molecule has 7 aromatic heterocycles. The van der Waals surface area contributed by atoms with Crippen LogP contribution >= 0.6 is 0 Å². The number of aromatic nitrogens is 8. The summed E-state index contributed by atoms with van der Waals surface area (Å²) in [5, 5.41) is 2.33. The SMILES string of the molecule is c1ccc(C2Cc3cccnc3-c3c2n2c4c(ccnc34)B3c4c-2cc(-c2ncccn2)cc4-n2c4c3cccc4c3c4ncccc4n(-c4ccccc4)c32)cc1. The second-order valence-electron chi connectivity index (χ2n) is 15.6. The summed E-state index contributed by atoms with van der Waals surface area (Å²) in [6.07, 6.45) is 10.4. The topological polar surface area (TPSA) is 79.2 Å². The van der Waals surface area contributed by atoms with Gasteiger partial charge in [0.25, 0.3) is 6.71 Å². The first-order valence-electron chi connectivity index (χ1n) is 19.8. The summed E-state index contributed by atoms with van der Waals surface area (Å²) >= 11 is 0. The quantitative estimate of drug-likeness (QED) is 0.173. The Balaban J connectivity index is 1.21. The zero-order chi connectivity index (χ0) is 37.6. The molecule has 1 aliphatic carbocycles. The van der Waals surface area contributed by atoms with Crippen molar-refractivity contribution in [1.29, 1.82) is 0 Å². The summed E-state index contributed by atoms with van der Waals surface area (Å²) in [7, 11) is 0. The van der Waals surface area contributed by atoms with Gasteiger partial charge in [-0.1, -0.05) is 72.8 Å².